The molecule has 1 radical (unpaired) electrons. The molecule has 121 valence electrons. The lowest BCUT2D eigenvalue weighted by atomic mass is 10.1. The highest BCUT2D eigenvalue weighted by molar-refractivity contribution is 9.10. The zero-order valence-electron chi connectivity index (χ0n) is 12.1. The van der Waals surface area contributed by atoms with Crippen molar-refractivity contribution in [2.45, 2.75) is 23.7 Å². The Morgan fingerprint density at radius 2 is 2.13 bits per heavy atom. The highest BCUT2D eigenvalue weighted by Gasteiger charge is 2.29. The maximum absolute atomic E-state index is 13.9. The first-order valence-corrected chi connectivity index (χ1v) is 9.26. The third-order valence-electron chi connectivity index (χ3n) is 3.53. The van der Waals surface area contributed by atoms with Crippen molar-refractivity contribution in [1.82, 2.24) is 0 Å². The summed E-state index contributed by atoms with van der Waals surface area (Å²) < 4.78 is 43.7. The van der Waals surface area contributed by atoms with Crippen LogP contribution >= 0.6 is 15.9 Å². The summed E-state index contributed by atoms with van der Waals surface area (Å²) in [7, 11) is -3.88. The molecule has 0 heterocycles. The van der Waals surface area contributed by atoms with Crippen molar-refractivity contribution in [2.24, 2.45) is 0 Å². The van der Waals surface area contributed by atoms with Gasteiger partial charge >= 0.3 is 0 Å². The van der Waals surface area contributed by atoms with Gasteiger partial charge in [-0.15, -0.1) is 0 Å². The van der Waals surface area contributed by atoms with Crippen molar-refractivity contribution < 1.29 is 17.0 Å². The summed E-state index contributed by atoms with van der Waals surface area (Å²) in [6.45, 7) is -0.272. The Morgan fingerprint density at radius 1 is 1.35 bits per heavy atom. The fraction of sp³-hybridized carbons (Fsp3) is 0.250. The van der Waals surface area contributed by atoms with E-state index in [0.29, 0.717) is 15.7 Å². The lowest BCUT2D eigenvalue weighted by Gasteiger charge is -2.12. The Balaban J connectivity index is 1.69. The van der Waals surface area contributed by atoms with E-state index in [9.17, 15) is 12.8 Å². The van der Waals surface area contributed by atoms with E-state index in [0.717, 1.165) is 12.8 Å². The van der Waals surface area contributed by atoms with Crippen LogP contribution in [0.2, 0.25) is 0 Å². The molecule has 0 atom stereocenters. The van der Waals surface area contributed by atoms with Gasteiger partial charge in [-0.1, -0.05) is 22.0 Å². The van der Waals surface area contributed by atoms with Crippen molar-refractivity contribution in [3.8, 4) is 0 Å². The van der Waals surface area contributed by atoms with E-state index in [4.69, 9.17) is 4.18 Å². The van der Waals surface area contributed by atoms with Gasteiger partial charge in [0.1, 0.15) is 12.5 Å². The number of nitrogens with one attached hydrogen (secondary N) is 1. The molecule has 2 aromatic carbocycles. The monoisotopic (exact) mass is 398 g/mol. The quantitative estimate of drug-likeness (QED) is 0.589. The summed E-state index contributed by atoms with van der Waals surface area (Å²) in [6, 6.07) is 11.8. The van der Waals surface area contributed by atoms with Gasteiger partial charge in [0.05, 0.1) is 4.90 Å². The van der Waals surface area contributed by atoms with Gasteiger partial charge in [-0.3, -0.25) is 0 Å². The highest BCUT2D eigenvalue weighted by atomic mass is 79.9. The van der Waals surface area contributed by atoms with Crippen LogP contribution < -0.4 is 5.32 Å². The van der Waals surface area contributed by atoms with E-state index in [1.54, 1.807) is 18.2 Å². The minimum Gasteiger partial charge on any atom is -0.361 e. The van der Waals surface area contributed by atoms with Crippen LogP contribution in [0, 0.1) is 11.9 Å². The molecule has 0 aliphatic heterocycles. The van der Waals surface area contributed by atoms with Gasteiger partial charge < -0.3 is 5.32 Å². The number of anilines is 1. The average molecular weight is 399 g/mol. The molecule has 23 heavy (non-hydrogen) atoms. The maximum Gasteiger partial charge on any atom is 0.298 e. The second kappa shape index (κ2) is 6.59. The Morgan fingerprint density at radius 3 is 2.83 bits per heavy atom. The lowest BCUT2D eigenvalue weighted by Crippen LogP contribution is -2.14. The van der Waals surface area contributed by atoms with Gasteiger partial charge in [-0.25, -0.2) is 8.57 Å². The molecule has 1 N–H and O–H groups in total. The van der Waals surface area contributed by atoms with Crippen molar-refractivity contribution in [1.29, 1.82) is 0 Å². The van der Waals surface area contributed by atoms with Crippen LogP contribution in [0.1, 0.15) is 24.3 Å². The molecule has 0 bridgehead atoms. The van der Waals surface area contributed by atoms with E-state index >= 15 is 0 Å². The Labute approximate surface area is 142 Å². The molecule has 1 fully saturated rings. The van der Waals surface area contributed by atoms with Gasteiger partial charge in [-0.05, 0) is 55.2 Å². The predicted octanol–water partition coefficient (Wildman–Crippen LogP) is 4.04. The predicted molar refractivity (Wildman–Crippen MR) is 88.1 cm³/mol. The number of rotatable bonds is 6. The van der Waals surface area contributed by atoms with Crippen molar-refractivity contribution >= 4 is 31.7 Å². The molecule has 0 aromatic heterocycles. The lowest BCUT2D eigenvalue weighted by molar-refractivity contribution is 0.343. The standard InChI is InChI=1S/C16H14BrFNO3S/c17-12-3-1-4-13(9-12)23(20,21)22-10-19-15-6-2-5-14(18)16(15)11-7-8-11/h1,3-6,9,11,19H,7-8,10H2. The number of benzene rings is 2. The van der Waals surface area contributed by atoms with E-state index < -0.39 is 10.1 Å². The molecular weight excluding hydrogens is 385 g/mol. The molecule has 3 rings (SSSR count). The molecule has 1 saturated carbocycles. The molecule has 1 aliphatic rings. The van der Waals surface area contributed by atoms with Gasteiger partial charge in [-0.2, -0.15) is 8.42 Å². The number of hydrogen-bond acceptors (Lipinski definition) is 4. The molecule has 1 aliphatic carbocycles. The highest BCUT2D eigenvalue weighted by Crippen LogP contribution is 2.44. The largest absolute Gasteiger partial charge is 0.361 e. The van der Waals surface area contributed by atoms with Crippen LogP contribution in [-0.4, -0.2) is 15.1 Å². The first-order chi connectivity index (χ1) is 11.0. The van der Waals surface area contributed by atoms with E-state index in [1.165, 1.54) is 18.2 Å². The van der Waals surface area contributed by atoms with Crippen molar-refractivity contribution in [3.63, 3.8) is 0 Å². The average Bonchev–Trinajstić information content (AvgIpc) is 3.32. The molecular formula is C16H14BrFNO3S. The van der Waals surface area contributed by atoms with Crippen LogP contribution in [-0.2, 0) is 14.3 Å². The minimum atomic E-state index is -3.88. The summed E-state index contributed by atoms with van der Waals surface area (Å²) in [4.78, 5) is 0.0573. The molecule has 4 nitrogen and oxygen atoms in total. The van der Waals surface area contributed by atoms with Crippen molar-refractivity contribution in [3.05, 3.63) is 58.3 Å². The van der Waals surface area contributed by atoms with Crippen LogP contribution in [0.4, 0.5) is 10.1 Å². The number of halogens is 2. The van der Waals surface area contributed by atoms with Crippen LogP contribution in [0.15, 0.2) is 45.8 Å². The Hall–Kier alpha value is -1.44. The molecule has 7 heteroatoms. The van der Waals surface area contributed by atoms with E-state index in [-0.39, 0.29) is 23.4 Å². The first-order valence-electron chi connectivity index (χ1n) is 7.06. The summed E-state index contributed by atoms with van der Waals surface area (Å²) in [5, 5.41) is 2.83. The zero-order chi connectivity index (χ0) is 16.4. The van der Waals surface area contributed by atoms with Crippen LogP contribution in [0.25, 0.3) is 0 Å². The summed E-state index contributed by atoms with van der Waals surface area (Å²) >= 11 is 3.22. The minimum absolute atomic E-state index is 0.0573. The Kier molecular flexibility index (Phi) is 4.70. The first kappa shape index (κ1) is 16.4. The van der Waals surface area contributed by atoms with E-state index in [2.05, 4.69) is 27.3 Å². The molecule has 2 aromatic rings. The smallest absolute Gasteiger partial charge is 0.298 e. The van der Waals surface area contributed by atoms with Gasteiger partial charge in [0.2, 0.25) is 0 Å². The maximum atomic E-state index is 13.9. The molecule has 0 amide bonds. The fourth-order valence-electron chi connectivity index (χ4n) is 2.29. The van der Waals surface area contributed by atoms with Gasteiger partial charge in [0.25, 0.3) is 10.1 Å². The normalized spacial score (nSPS) is 14.7. The summed E-state index contributed by atoms with van der Waals surface area (Å²) in [5.74, 6) is -0.138. The topological polar surface area (TPSA) is 55.4 Å². The van der Waals surface area contributed by atoms with E-state index in [1.807, 2.05) is 0 Å². The molecule has 0 saturated heterocycles. The zero-order valence-corrected chi connectivity index (χ0v) is 14.5. The second-order valence-electron chi connectivity index (χ2n) is 5.26. The van der Waals surface area contributed by atoms with Gasteiger partial charge in [0.15, 0.2) is 0 Å². The van der Waals surface area contributed by atoms with Crippen LogP contribution in [0.5, 0.6) is 0 Å². The fourth-order valence-corrected chi connectivity index (χ4v) is 3.71. The third kappa shape index (κ3) is 3.91. The van der Waals surface area contributed by atoms with Gasteiger partial charge in [0, 0.05) is 15.7 Å². The molecule has 0 spiro atoms. The SMILES string of the molecule is O=S(=O)(OCNc1c[c]cc(F)c1C1CC1)c1cccc(Br)c1. The third-order valence-corrected chi connectivity index (χ3v) is 5.28. The summed E-state index contributed by atoms with van der Waals surface area (Å²) in [5.41, 5.74) is 1.10. The Bertz CT molecular complexity index is 822. The van der Waals surface area contributed by atoms with Crippen molar-refractivity contribution in [2.75, 3.05) is 12.0 Å². The second-order valence-corrected chi connectivity index (χ2v) is 7.79. The summed E-state index contributed by atoms with van der Waals surface area (Å²) in [6.07, 6.45) is 1.87. The van der Waals surface area contributed by atoms with Crippen LogP contribution in [0.3, 0.4) is 0 Å². The number of hydrogen-bond donors (Lipinski definition) is 1. The molecule has 0 unspecified atom stereocenters.